The fourth-order valence-electron chi connectivity index (χ4n) is 13.3. The van der Waals surface area contributed by atoms with Crippen molar-refractivity contribution in [3.8, 4) is 44.5 Å². The van der Waals surface area contributed by atoms with E-state index in [1.807, 2.05) is 0 Å². The Hall–Kier alpha value is -5.98. The van der Waals surface area contributed by atoms with Crippen molar-refractivity contribution in [2.45, 2.75) is 37.5 Å². The van der Waals surface area contributed by atoms with Crippen LogP contribution in [-0.2, 0) is 5.41 Å². The van der Waals surface area contributed by atoms with Crippen molar-refractivity contribution in [3.63, 3.8) is 0 Å². The van der Waals surface area contributed by atoms with Gasteiger partial charge in [0.05, 0.1) is 0 Å². The van der Waals surface area contributed by atoms with Gasteiger partial charge in [-0.2, -0.15) is 0 Å². The zero-order chi connectivity index (χ0) is 36.5. The summed E-state index contributed by atoms with van der Waals surface area (Å²) in [5, 5.41) is 10.8. The third kappa shape index (κ3) is 4.04. The lowest BCUT2D eigenvalue weighted by atomic mass is 9.43. The average Bonchev–Trinajstić information content (AvgIpc) is 3.56. The molecule has 0 aromatic heterocycles. The van der Waals surface area contributed by atoms with Crippen LogP contribution in [0.3, 0.4) is 0 Å². The molecule has 4 saturated carbocycles. The van der Waals surface area contributed by atoms with Gasteiger partial charge in [0.25, 0.3) is 0 Å². The maximum absolute atomic E-state index is 2.56. The quantitative estimate of drug-likeness (QED) is 0.160. The molecular weight excluding hydrogens is 673 g/mol. The van der Waals surface area contributed by atoms with E-state index in [1.54, 1.807) is 11.1 Å². The maximum Gasteiger partial charge on any atom is 0.0278 e. The first-order valence-electron chi connectivity index (χ1n) is 20.9. The van der Waals surface area contributed by atoms with Crippen LogP contribution in [0.5, 0.6) is 0 Å². The van der Waals surface area contributed by atoms with Gasteiger partial charge < -0.3 is 0 Å². The molecule has 0 nitrogen and oxygen atoms in total. The van der Waals surface area contributed by atoms with Gasteiger partial charge in [0.1, 0.15) is 0 Å². The van der Waals surface area contributed by atoms with Crippen LogP contribution in [0.25, 0.3) is 87.6 Å². The number of rotatable bonds is 3. The molecule has 0 atom stereocenters. The normalized spacial score (nSPS) is 23.1. The monoisotopic (exact) mass is 714 g/mol. The van der Waals surface area contributed by atoms with Crippen molar-refractivity contribution in [2.24, 2.45) is 23.7 Å². The summed E-state index contributed by atoms with van der Waals surface area (Å²) in [4.78, 5) is 0. The second kappa shape index (κ2) is 11.5. The molecule has 9 aromatic carbocycles. The lowest BCUT2D eigenvalue weighted by Gasteiger charge is -2.61. The summed E-state index contributed by atoms with van der Waals surface area (Å²) < 4.78 is 0. The molecule has 14 rings (SSSR count). The van der Waals surface area contributed by atoms with E-state index in [0.29, 0.717) is 11.8 Å². The predicted molar refractivity (Wildman–Crippen MR) is 236 cm³/mol. The smallest absolute Gasteiger partial charge is 0.0278 e. The molecule has 0 aliphatic heterocycles. The van der Waals surface area contributed by atoms with Crippen molar-refractivity contribution in [2.75, 3.05) is 0 Å². The van der Waals surface area contributed by atoms with Crippen LogP contribution in [0.1, 0.15) is 43.2 Å². The highest BCUT2D eigenvalue weighted by Crippen LogP contribution is 2.71. The van der Waals surface area contributed by atoms with Crippen LogP contribution in [-0.4, -0.2) is 0 Å². The van der Waals surface area contributed by atoms with Gasteiger partial charge in [-0.25, -0.2) is 0 Å². The van der Waals surface area contributed by atoms with E-state index in [2.05, 4.69) is 170 Å². The molecule has 5 aliphatic carbocycles. The van der Waals surface area contributed by atoms with Crippen molar-refractivity contribution in [1.82, 2.24) is 0 Å². The average molecular weight is 715 g/mol. The molecule has 0 saturated heterocycles. The summed E-state index contributed by atoms with van der Waals surface area (Å²) in [6, 6.07) is 64.8. The first-order chi connectivity index (χ1) is 27.8. The molecule has 0 radical (unpaired) electrons. The Morgan fingerprint density at radius 2 is 0.821 bits per heavy atom. The molecule has 0 amide bonds. The van der Waals surface area contributed by atoms with Crippen LogP contribution in [0, 0.1) is 23.7 Å². The van der Waals surface area contributed by atoms with Crippen LogP contribution in [0.2, 0.25) is 0 Å². The van der Waals surface area contributed by atoms with Crippen molar-refractivity contribution < 1.29 is 0 Å². The number of fused-ring (bicyclic) bond motifs is 8. The molecule has 266 valence electrons. The molecule has 4 fully saturated rings. The second-order valence-corrected chi connectivity index (χ2v) is 17.5. The van der Waals surface area contributed by atoms with E-state index in [-0.39, 0.29) is 5.41 Å². The zero-order valence-electron chi connectivity index (χ0n) is 31.5. The Morgan fingerprint density at radius 3 is 1.46 bits per heavy atom. The second-order valence-electron chi connectivity index (χ2n) is 17.5. The van der Waals surface area contributed by atoms with Crippen molar-refractivity contribution in [1.29, 1.82) is 0 Å². The van der Waals surface area contributed by atoms with Gasteiger partial charge in [-0.05, 0) is 155 Å². The molecule has 9 aromatic rings. The minimum atomic E-state index is 0.0833. The minimum absolute atomic E-state index is 0.0833. The Kier molecular flexibility index (Phi) is 6.43. The van der Waals surface area contributed by atoms with Gasteiger partial charge in [0, 0.05) is 5.41 Å². The Morgan fingerprint density at radius 1 is 0.321 bits per heavy atom. The number of hydrogen-bond acceptors (Lipinski definition) is 0. The van der Waals surface area contributed by atoms with Crippen LogP contribution < -0.4 is 0 Å². The fourth-order valence-corrected chi connectivity index (χ4v) is 13.3. The summed E-state index contributed by atoms with van der Waals surface area (Å²) in [5.41, 5.74) is 14.3. The number of benzene rings is 9. The van der Waals surface area contributed by atoms with Crippen molar-refractivity contribution in [3.05, 3.63) is 181 Å². The highest BCUT2D eigenvalue weighted by atomic mass is 14.6. The summed E-state index contributed by atoms with van der Waals surface area (Å²) in [6.45, 7) is 0. The van der Waals surface area contributed by atoms with Crippen LogP contribution >= 0.6 is 0 Å². The predicted octanol–water partition coefficient (Wildman–Crippen LogP) is 15.0. The molecule has 5 aliphatic rings. The molecule has 0 heteroatoms. The maximum atomic E-state index is 2.56. The lowest BCUT2D eigenvalue weighted by Crippen LogP contribution is -2.55. The third-order valence-electron chi connectivity index (χ3n) is 15.0. The first kappa shape index (κ1) is 31.2. The van der Waals surface area contributed by atoms with E-state index in [1.165, 1.54) is 120 Å². The highest BCUT2D eigenvalue weighted by molar-refractivity contribution is 6.25. The standard InChI is InChI=1S/C56H42/c1-2-13-36(14-3-1)40-27-28-48(43-18-7-6-17-42(40)43)52-44-19-8-10-21-46(44)53(47-22-11-9-20-45(47)52)49-23-12-24-51-54(49)50-26-25-37-15-4-5-16-41(37)55(50)56(51)38-30-34-29-35(32-38)33-39(56)31-34/h1-28,34-35,38-39H,29-33H2. The summed E-state index contributed by atoms with van der Waals surface area (Å²) in [5.74, 6) is 3.24. The van der Waals surface area contributed by atoms with Gasteiger partial charge in [-0.3, -0.25) is 0 Å². The van der Waals surface area contributed by atoms with E-state index in [4.69, 9.17) is 0 Å². The molecule has 0 heterocycles. The third-order valence-corrected chi connectivity index (χ3v) is 15.0. The minimum Gasteiger partial charge on any atom is -0.0622 e. The van der Waals surface area contributed by atoms with Crippen LogP contribution in [0.4, 0.5) is 0 Å². The topological polar surface area (TPSA) is 0 Å². The summed E-state index contributed by atoms with van der Waals surface area (Å²) in [6.07, 6.45) is 7.01. The molecule has 0 N–H and O–H groups in total. The Bertz CT molecular complexity index is 3010. The molecule has 0 unspecified atom stereocenters. The molecule has 4 bridgehead atoms. The van der Waals surface area contributed by atoms with E-state index in [9.17, 15) is 0 Å². The van der Waals surface area contributed by atoms with E-state index < -0.39 is 0 Å². The van der Waals surface area contributed by atoms with Gasteiger partial charge >= 0.3 is 0 Å². The lowest BCUT2D eigenvalue weighted by molar-refractivity contribution is -0.0393. The van der Waals surface area contributed by atoms with E-state index >= 15 is 0 Å². The van der Waals surface area contributed by atoms with Gasteiger partial charge in [0.15, 0.2) is 0 Å². The SMILES string of the molecule is c1ccc(-c2ccc(-c3c4ccccc4c(-c4cccc5c4-c4ccc6ccccc6c4C54C5CC6CC(C5)CC4C6)c4ccccc34)c3ccccc23)cc1. The molecule has 1 spiro atoms. The summed E-state index contributed by atoms with van der Waals surface area (Å²) >= 11 is 0. The molecular formula is C56H42. The van der Waals surface area contributed by atoms with Crippen molar-refractivity contribution >= 4 is 43.1 Å². The highest BCUT2D eigenvalue weighted by Gasteiger charge is 2.62. The summed E-state index contributed by atoms with van der Waals surface area (Å²) in [7, 11) is 0. The first-order valence-corrected chi connectivity index (χ1v) is 20.9. The molecule has 56 heavy (non-hydrogen) atoms. The number of hydrogen-bond donors (Lipinski definition) is 0. The van der Waals surface area contributed by atoms with Gasteiger partial charge in [-0.15, -0.1) is 0 Å². The zero-order valence-corrected chi connectivity index (χ0v) is 31.5. The fraction of sp³-hybridized carbons (Fsp3) is 0.179. The van der Waals surface area contributed by atoms with Crippen LogP contribution in [0.15, 0.2) is 170 Å². The van der Waals surface area contributed by atoms with Gasteiger partial charge in [0.2, 0.25) is 0 Å². The largest absolute Gasteiger partial charge is 0.0622 e. The van der Waals surface area contributed by atoms with Gasteiger partial charge in [-0.1, -0.05) is 170 Å². The van der Waals surface area contributed by atoms with E-state index in [0.717, 1.165) is 11.8 Å². The Labute approximate surface area is 328 Å². The Balaban J connectivity index is 1.12.